The zero-order valence-corrected chi connectivity index (χ0v) is 20.3. The summed E-state index contributed by atoms with van der Waals surface area (Å²) in [5.74, 6) is -0.170. The van der Waals surface area contributed by atoms with Crippen LogP contribution in [-0.4, -0.2) is 35.3 Å². The topological polar surface area (TPSA) is 66.9 Å². The number of hydrogen-bond donors (Lipinski definition) is 0. The lowest BCUT2D eigenvalue weighted by atomic mass is 10.0. The lowest BCUT2D eigenvalue weighted by Crippen LogP contribution is -2.48. The number of imide groups is 1. The van der Waals surface area contributed by atoms with Crippen molar-refractivity contribution in [2.45, 2.75) is 45.2 Å². The summed E-state index contributed by atoms with van der Waals surface area (Å²) in [6.07, 6.45) is -0.0704. The molecule has 1 aliphatic rings. The summed E-state index contributed by atoms with van der Waals surface area (Å²) in [7, 11) is 0. The highest BCUT2D eigenvalue weighted by molar-refractivity contribution is 6.23. The lowest BCUT2D eigenvalue weighted by Gasteiger charge is -2.33. The molecule has 6 nitrogen and oxygen atoms in total. The molecule has 1 aliphatic heterocycles. The van der Waals surface area contributed by atoms with Crippen molar-refractivity contribution in [1.82, 2.24) is 4.90 Å². The predicted octanol–water partition coefficient (Wildman–Crippen LogP) is 5.11. The minimum atomic E-state index is -0.908. The van der Waals surface area contributed by atoms with Crippen LogP contribution in [0.1, 0.15) is 50.3 Å². The van der Waals surface area contributed by atoms with Crippen LogP contribution < -0.4 is 9.64 Å². The van der Waals surface area contributed by atoms with E-state index in [2.05, 4.69) is 13.8 Å². The third-order valence-electron chi connectivity index (χ3n) is 6.37. The van der Waals surface area contributed by atoms with Gasteiger partial charge in [0.05, 0.1) is 18.2 Å². The van der Waals surface area contributed by atoms with E-state index < -0.39 is 18.0 Å². The monoisotopic (exact) mass is 470 g/mol. The lowest BCUT2D eigenvalue weighted by molar-refractivity contribution is -0.142. The van der Waals surface area contributed by atoms with E-state index in [1.807, 2.05) is 67.6 Å². The number of benzene rings is 3. The molecule has 0 N–H and O–H groups in total. The maximum atomic E-state index is 13.6. The summed E-state index contributed by atoms with van der Waals surface area (Å²) < 4.78 is 5.70. The molecule has 1 heterocycles. The fraction of sp³-hybridized carbons (Fsp3) is 0.276. The summed E-state index contributed by atoms with van der Waals surface area (Å²) >= 11 is 0. The van der Waals surface area contributed by atoms with E-state index in [0.717, 1.165) is 11.1 Å². The van der Waals surface area contributed by atoms with E-state index in [0.29, 0.717) is 17.4 Å². The van der Waals surface area contributed by atoms with Crippen molar-refractivity contribution in [3.8, 4) is 5.75 Å². The Morgan fingerprint density at radius 3 is 2.09 bits per heavy atom. The maximum absolute atomic E-state index is 13.6. The highest BCUT2D eigenvalue weighted by Gasteiger charge is 2.46. The molecular weight excluding hydrogens is 440 g/mol. The second-order valence-electron chi connectivity index (χ2n) is 9.02. The van der Waals surface area contributed by atoms with Crippen molar-refractivity contribution in [2.24, 2.45) is 0 Å². The molecule has 0 radical (unpaired) electrons. The van der Waals surface area contributed by atoms with E-state index in [1.165, 1.54) is 9.80 Å². The molecule has 1 saturated heterocycles. The van der Waals surface area contributed by atoms with E-state index in [9.17, 15) is 14.4 Å². The SMILES string of the molecule is CC(C)c1ccc(N2C(=O)CC(N(C(=O)COc3ccccc3)C(C)c3ccccc3)C2=O)cc1. The number of nitrogens with zero attached hydrogens (tertiary/aromatic N) is 2. The highest BCUT2D eigenvalue weighted by Crippen LogP contribution is 2.32. The molecule has 3 aromatic rings. The van der Waals surface area contributed by atoms with Gasteiger partial charge < -0.3 is 9.64 Å². The van der Waals surface area contributed by atoms with Gasteiger partial charge in [0.1, 0.15) is 11.8 Å². The molecular formula is C29H30N2O4. The molecule has 1 fully saturated rings. The van der Waals surface area contributed by atoms with Gasteiger partial charge in [-0.1, -0.05) is 74.5 Å². The first-order valence-corrected chi connectivity index (χ1v) is 11.9. The van der Waals surface area contributed by atoms with Gasteiger partial charge in [0.15, 0.2) is 6.61 Å². The Balaban J connectivity index is 1.61. The molecule has 6 heteroatoms. The molecule has 0 saturated carbocycles. The van der Waals surface area contributed by atoms with Crippen LogP contribution in [0, 0.1) is 0 Å². The average molecular weight is 471 g/mol. The smallest absolute Gasteiger partial charge is 0.261 e. The third-order valence-corrected chi connectivity index (χ3v) is 6.37. The molecule has 0 spiro atoms. The Labute approximate surface area is 206 Å². The molecule has 2 atom stereocenters. The molecule has 35 heavy (non-hydrogen) atoms. The van der Waals surface area contributed by atoms with Crippen molar-refractivity contribution in [3.63, 3.8) is 0 Å². The summed E-state index contributed by atoms with van der Waals surface area (Å²) in [5, 5.41) is 0. The zero-order valence-electron chi connectivity index (χ0n) is 20.3. The molecule has 2 unspecified atom stereocenters. The van der Waals surface area contributed by atoms with Crippen LogP contribution in [0.2, 0.25) is 0 Å². The predicted molar refractivity (Wildman–Crippen MR) is 135 cm³/mol. The quantitative estimate of drug-likeness (QED) is 0.429. The molecule has 180 valence electrons. The zero-order chi connectivity index (χ0) is 24.9. The Kier molecular flexibility index (Phi) is 7.30. The van der Waals surface area contributed by atoms with E-state index in [1.54, 1.807) is 24.3 Å². The number of carbonyl (C=O) groups is 3. The Hall–Kier alpha value is -3.93. The third kappa shape index (κ3) is 5.27. The highest BCUT2D eigenvalue weighted by atomic mass is 16.5. The standard InChI is InChI=1S/C29H30N2O4/c1-20(2)22-14-16-24(17-15-22)31-27(32)18-26(29(31)34)30(21(3)23-10-6-4-7-11-23)28(33)19-35-25-12-8-5-9-13-25/h4-17,20-21,26H,18-19H2,1-3H3. The van der Waals surface area contributed by atoms with Crippen LogP contribution in [0.15, 0.2) is 84.9 Å². The van der Waals surface area contributed by atoms with Crippen molar-refractivity contribution in [2.75, 3.05) is 11.5 Å². The van der Waals surface area contributed by atoms with Gasteiger partial charge in [-0.15, -0.1) is 0 Å². The molecule has 0 bridgehead atoms. The normalized spacial score (nSPS) is 16.5. The van der Waals surface area contributed by atoms with Crippen LogP contribution in [0.25, 0.3) is 0 Å². The fourth-order valence-corrected chi connectivity index (χ4v) is 4.40. The molecule has 0 aliphatic carbocycles. The number of ether oxygens (including phenoxy) is 1. The second-order valence-corrected chi connectivity index (χ2v) is 9.02. The van der Waals surface area contributed by atoms with Gasteiger partial charge in [0.2, 0.25) is 5.91 Å². The van der Waals surface area contributed by atoms with Gasteiger partial charge in [0.25, 0.3) is 11.8 Å². The van der Waals surface area contributed by atoms with Gasteiger partial charge in [-0.2, -0.15) is 0 Å². The van der Waals surface area contributed by atoms with Gasteiger partial charge in [-0.05, 0) is 48.2 Å². The number of anilines is 1. The number of rotatable bonds is 8. The van der Waals surface area contributed by atoms with Crippen molar-refractivity contribution in [1.29, 1.82) is 0 Å². The van der Waals surface area contributed by atoms with Crippen molar-refractivity contribution < 1.29 is 19.1 Å². The van der Waals surface area contributed by atoms with Crippen LogP contribution in [0.5, 0.6) is 5.75 Å². The van der Waals surface area contributed by atoms with Crippen LogP contribution in [0.3, 0.4) is 0 Å². The van der Waals surface area contributed by atoms with Gasteiger partial charge in [0, 0.05) is 0 Å². The van der Waals surface area contributed by atoms with Crippen molar-refractivity contribution >= 4 is 23.4 Å². The van der Waals surface area contributed by atoms with Gasteiger partial charge in [-0.3, -0.25) is 14.4 Å². The van der Waals surface area contributed by atoms with Gasteiger partial charge >= 0.3 is 0 Å². The number of amides is 3. The second kappa shape index (κ2) is 10.6. The molecule has 3 amide bonds. The maximum Gasteiger partial charge on any atom is 0.261 e. The number of para-hydroxylation sites is 1. The van der Waals surface area contributed by atoms with E-state index >= 15 is 0 Å². The summed E-state index contributed by atoms with van der Waals surface area (Å²) in [5.41, 5.74) is 2.52. The van der Waals surface area contributed by atoms with E-state index in [-0.39, 0.29) is 24.8 Å². The first-order chi connectivity index (χ1) is 16.9. The van der Waals surface area contributed by atoms with Crippen molar-refractivity contribution in [3.05, 3.63) is 96.1 Å². The molecule has 3 aromatic carbocycles. The van der Waals surface area contributed by atoms with E-state index in [4.69, 9.17) is 4.74 Å². The minimum absolute atomic E-state index is 0.0704. The Morgan fingerprint density at radius 2 is 1.49 bits per heavy atom. The summed E-state index contributed by atoms with van der Waals surface area (Å²) in [6.45, 7) is 5.81. The van der Waals surface area contributed by atoms with Crippen LogP contribution in [0.4, 0.5) is 5.69 Å². The van der Waals surface area contributed by atoms with Gasteiger partial charge in [-0.25, -0.2) is 4.90 Å². The molecule has 4 rings (SSSR count). The van der Waals surface area contributed by atoms with Crippen LogP contribution >= 0.6 is 0 Å². The average Bonchev–Trinajstić information content (AvgIpc) is 3.17. The van der Waals surface area contributed by atoms with Crippen LogP contribution in [-0.2, 0) is 14.4 Å². The first-order valence-electron chi connectivity index (χ1n) is 11.9. The fourth-order valence-electron chi connectivity index (χ4n) is 4.40. The number of carbonyl (C=O) groups excluding carboxylic acids is 3. The number of hydrogen-bond acceptors (Lipinski definition) is 4. The summed E-state index contributed by atoms with van der Waals surface area (Å²) in [4.78, 5) is 42.7. The largest absolute Gasteiger partial charge is 0.484 e. The summed E-state index contributed by atoms with van der Waals surface area (Å²) in [6, 6.07) is 24.6. The Bertz CT molecular complexity index is 1180. The molecule has 0 aromatic heterocycles. The minimum Gasteiger partial charge on any atom is -0.484 e. The first kappa shape index (κ1) is 24.2. The Morgan fingerprint density at radius 1 is 0.886 bits per heavy atom.